The Morgan fingerprint density at radius 2 is 2.00 bits per heavy atom. The Kier molecular flexibility index (Phi) is 5.26. The van der Waals surface area contributed by atoms with E-state index in [-0.39, 0.29) is 12.4 Å². The highest BCUT2D eigenvalue weighted by Gasteiger charge is 2.06. The van der Waals surface area contributed by atoms with Crippen molar-refractivity contribution in [3.8, 4) is 0 Å². The van der Waals surface area contributed by atoms with Crippen LogP contribution in [0.1, 0.15) is 32.3 Å². The minimum atomic E-state index is -0.281. The molecule has 1 N–H and O–H groups in total. The predicted octanol–water partition coefficient (Wildman–Crippen LogP) is 2.94. The molecule has 0 saturated heterocycles. The number of halogens is 1. The van der Waals surface area contributed by atoms with Crippen LogP contribution in [0.4, 0.5) is 10.1 Å². The molecule has 0 aromatic heterocycles. The number of aliphatic hydroxyl groups is 1. The second kappa shape index (κ2) is 6.48. The normalized spacial score (nSPS) is 10.5. The highest BCUT2D eigenvalue weighted by Crippen LogP contribution is 2.19. The van der Waals surface area contributed by atoms with Gasteiger partial charge in [-0.3, -0.25) is 0 Å². The van der Waals surface area contributed by atoms with Gasteiger partial charge in [0.15, 0.2) is 0 Å². The summed E-state index contributed by atoms with van der Waals surface area (Å²) in [7, 11) is 0. The molecule has 0 bridgehead atoms. The molecule has 0 amide bonds. The second-order valence-corrected chi connectivity index (χ2v) is 3.91. The fraction of sp³-hybridized carbons (Fsp3) is 0.538. The van der Waals surface area contributed by atoms with Crippen molar-refractivity contribution in [1.82, 2.24) is 0 Å². The van der Waals surface area contributed by atoms with Gasteiger partial charge >= 0.3 is 0 Å². The summed E-state index contributed by atoms with van der Waals surface area (Å²) < 4.78 is 13.3. The quantitative estimate of drug-likeness (QED) is 0.804. The number of nitrogens with zero attached hydrogens (tertiary/aromatic N) is 1. The number of aliphatic hydroxyl groups excluding tert-OH is 1. The molecule has 0 atom stereocenters. The van der Waals surface area contributed by atoms with Gasteiger partial charge in [0, 0.05) is 18.8 Å². The van der Waals surface area contributed by atoms with E-state index < -0.39 is 0 Å². The van der Waals surface area contributed by atoms with E-state index in [9.17, 15) is 4.39 Å². The molecule has 0 aliphatic carbocycles. The third-order valence-corrected chi connectivity index (χ3v) is 2.65. The number of hydrogen-bond acceptors (Lipinski definition) is 2. The number of anilines is 1. The minimum Gasteiger partial charge on any atom is -0.392 e. The molecule has 3 heteroatoms. The number of rotatable bonds is 6. The van der Waals surface area contributed by atoms with E-state index in [1.807, 2.05) is 6.07 Å². The number of unbranched alkanes of at least 4 members (excludes halogenated alkanes) is 1. The van der Waals surface area contributed by atoms with Crippen molar-refractivity contribution in [2.75, 3.05) is 18.0 Å². The van der Waals surface area contributed by atoms with E-state index >= 15 is 0 Å². The van der Waals surface area contributed by atoms with E-state index in [1.54, 1.807) is 0 Å². The molecule has 90 valence electrons. The zero-order valence-electron chi connectivity index (χ0n) is 10.0. The van der Waals surface area contributed by atoms with E-state index in [1.165, 1.54) is 12.1 Å². The van der Waals surface area contributed by atoms with Crippen LogP contribution in [0.3, 0.4) is 0 Å². The molecule has 0 aliphatic rings. The molecule has 0 radical (unpaired) electrons. The van der Waals surface area contributed by atoms with Crippen LogP contribution in [0.5, 0.6) is 0 Å². The summed E-state index contributed by atoms with van der Waals surface area (Å²) in [6.45, 7) is 5.86. The average Bonchev–Trinajstić information content (AvgIpc) is 2.29. The Morgan fingerprint density at radius 3 is 2.56 bits per heavy atom. The van der Waals surface area contributed by atoms with Crippen molar-refractivity contribution >= 4 is 5.69 Å². The molecular formula is C13H20FNO. The molecule has 1 aromatic carbocycles. The average molecular weight is 225 g/mol. The van der Waals surface area contributed by atoms with Crippen LogP contribution < -0.4 is 4.90 Å². The van der Waals surface area contributed by atoms with Gasteiger partial charge in [0.25, 0.3) is 0 Å². The van der Waals surface area contributed by atoms with E-state index in [0.29, 0.717) is 5.56 Å². The van der Waals surface area contributed by atoms with E-state index in [0.717, 1.165) is 31.6 Å². The molecule has 2 nitrogen and oxygen atoms in total. The standard InChI is InChI=1S/C13H20FNO/c1-3-5-6-15(4-2)13-8-11(10-16)7-12(14)9-13/h7-9,16H,3-6,10H2,1-2H3. The van der Waals surface area contributed by atoms with Crippen LogP contribution in [-0.4, -0.2) is 18.2 Å². The van der Waals surface area contributed by atoms with Gasteiger partial charge in [0.1, 0.15) is 5.82 Å². The highest BCUT2D eigenvalue weighted by atomic mass is 19.1. The number of benzene rings is 1. The zero-order valence-corrected chi connectivity index (χ0v) is 10.0. The molecule has 1 aromatic rings. The Balaban J connectivity index is 2.86. The van der Waals surface area contributed by atoms with Gasteiger partial charge in [-0.2, -0.15) is 0 Å². The maximum absolute atomic E-state index is 13.3. The topological polar surface area (TPSA) is 23.5 Å². The van der Waals surface area contributed by atoms with Crippen molar-refractivity contribution in [1.29, 1.82) is 0 Å². The molecule has 1 rings (SSSR count). The molecule has 16 heavy (non-hydrogen) atoms. The number of hydrogen-bond donors (Lipinski definition) is 1. The Labute approximate surface area is 96.7 Å². The summed E-state index contributed by atoms with van der Waals surface area (Å²) >= 11 is 0. The van der Waals surface area contributed by atoms with Crippen molar-refractivity contribution < 1.29 is 9.50 Å². The van der Waals surface area contributed by atoms with Gasteiger partial charge < -0.3 is 10.0 Å². The smallest absolute Gasteiger partial charge is 0.125 e. The van der Waals surface area contributed by atoms with E-state index in [2.05, 4.69) is 18.7 Å². The van der Waals surface area contributed by atoms with Crippen LogP contribution >= 0.6 is 0 Å². The molecular weight excluding hydrogens is 205 g/mol. The lowest BCUT2D eigenvalue weighted by Crippen LogP contribution is -2.24. The van der Waals surface area contributed by atoms with Gasteiger partial charge in [-0.15, -0.1) is 0 Å². The fourth-order valence-corrected chi connectivity index (χ4v) is 1.73. The lowest BCUT2D eigenvalue weighted by Gasteiger charge is -2.23. The molecule has 0 spiro atoms. The van der Waals surface area contributed by atoms with Gasteiger partial charge in [-0.1, -0.05) is 13.3 Å². The van der Waals surface area contributed by atoms with Crippen molar-refractivity contribution in [3.05, 3.63) is 29.6 Å². The SMILES string of the molecule is CCCCN(CC)c1cc(F)cc(CO)c1. The van der Waals surface area contributed by atoms with Crippen molar-refractivity contribution in [2.45, 2.75) is 33.3 Å². The largest absolute Gasteiger partial charge is 0.392 e. The van der Waals surface area contributed by atoms with Crippen LogP contribution in [-0.2, 0) is 6.61 Å². The first-order valence-corrected chi connectivity index (χ1v) is 5.86. The van der Waals surface area contributed by atoms with Gasteiger partial charge in [-0.25, -0.2) is 4.39 Å². The maximum Gasteiger partial charge on any atom is 0.125 e. The molecule has 0 saturated carbocycles. The third-order valence-electron chi connectivity index (χ3n) is 2.65. The highest BCUT2D eigenvalue weighted by molar-refractivity contribution is 5.48. The van der Waals surface area contributed by atoms with E-state index in [4.69, 9.17) is 5.11 Å². The minimum absolute atomic E-state index is 0.115. The molecule has 0 heterocycles. The monoisotopic (exact) mass is 225 g/mol. The summed E-state index contributed by atoms with van der Waals surface area (Å²) in [4.78, 5) is 2.13. The van der Waals surface area contributed by atoms with Gasteiger partial charge in [0.2, 0.25) is 0 Å². The second-order valence-electron chi connectivity index (χ2n) is 3.91. The van der Waals surface area contributed by atoms with Crippen LogP contribution in [0.25, 0.3) is 0 Å². The van der Waals surface area contributed by atoms with Gasteiger partial charge in [0.05, 0.1) is 6.61 Å². The third kappa shape index (κ3) is 3.49. The summed E-state index contributed by atoms with van der Waals surface area (Å²) in [6, 6.07) is 4.75. The first kappa shape index (κ1) is 13.0. The summed E-state index contributed by atoms with van der Waals surface area (Å²) in [5.74, 6) is -0.281. The lowest BCUT2D eigenvalue weighted by molar-refractivity contribution is 0.281. The van der Waals surface area contributed by atoms with Crippen LogP contribution in [0.15, 0.2) is 18.2 Å². The Hall–Kier alpha value is -1.09. The summed E-state index contributed by atoms with van der Waals surface area (Å²) in [5, 5.41) is 9.03. The molecule has 0 unspecified atom stereocenters. The summed E-state index contributed by atoms with van der Waals surface area (Å²) in [6.07, 6.45) is 2.22. The Morgan fingerprint density at radius 1 is 1.25 bits per heavy atom. The van der Waals surface area contributed by atoms with Crippen LogP contribution in [0.2, 0.25) is 0 Å². The Bertz CT molecular complexity index is 328. The summed E-state index contributed by atoms with van der Waals surface area (Å²) in [5.41, 5.74) is 1.49. The van der Waals surface area contributed by atoms with Crippen molar-refractivity contribution in [3.63, 3.8) is 0 Å². The fourth-order valence-electron chi connectivity index (χ4n) is 1.73. The first-order chi connectivity index (χ1) is 7.71. The molecule has 0 fully saturated rings. The molecule has 0 aliphatic heterocycles. The maximum atomic E-state index is 13.3. The van der Waals surface area contributed by atoms with Gasteiger partial charge in [-0.05, 0) is 37.1 Å². The zero-order chi connectivity index (χ0) is 12.0. The van der Waals surface area contributed by atoms with Crippen LogP contribution in [0, 0.1) is 5.82 Å². The predicted molar refractivity (Wildman–Crippen MR) is 65.1 cm³/mol. The lowest BCUT2D eigenvalue weighted by atomic mass is 10.1. The van der Waals surface area contributed by atoms with Crippen molar-refractivity contribution in [2.24, 2.45) is 0 Å². The first-order valence-electron chi connectivity index (χ1n) is 5.86.